The number of nitrogens with zero attached hydrogens (tertiary/aromatic N) is 2. The van der Waals surface area contributed by atoms with Crippen LogP contribution < -0.4 is 10.6 Å². The molecule has 0 aliphatic heterocycles. The Hall–Kier alpha value is -3.26. The zero-order valence-electron chi connectivity index (χ0n) is 14.2. The summed E-state index contributed by atoms with van der Waals surface area (Å²) in [5.74, 6) is -0.426. The lowest BCUT2D eigenvalue weighted by Gasteiger charge is -2.07. The Morgan fingerprint density at radius 1 is 1.19 bits per heavy atom. The Balaban J connectivity index is 1.52. The molecular formula is C19H16N4O3S. The van der Waals surface area contributed by atoms with Gasteiger partial charge in [-0.15, -0.1) is 11.3 Å². The molecule has 1 heterocycles. The van der Waals surface area contributed by atoms with Crippen LogP contribution in [-0.2, 0) is 0 Å². The number of hydrogen-bond donors (Lipinski definition) is 2. The first kappa shape index (κ1) is 17.2. The lowest BCUT2D eigenvalue weighted by atomic mass is 10.1. The average molecular weight is 380 g/mol. The van der Waals surface area contributed by atoms with Crippen molar-refractivity contribution < 1.29 is 9.72 Å². The van der Waals surface area contributed by atoms with Crippen LogP contribution in [0, 0.1) is 10.1 Å². The van der Waals surface area contributed by atoms with Crippen LogP contribution >= 0.6 is 11.3 Å². The van der Waals surface area contributed by atoms with Crippen molar-refractivity contribution in [1.29, 1.82) is 0 Å². The zero-order chi connectivity index (χ0) is 18.8. The normalized spacial score (nSPS) is 13.2. The minimum Gasteiger partial charge on any atom is -0.377 e. The van der Waals surface area contributed by atoms with Crippen LogP contribution in [0.1, 0.15) is 23.2 Å². The summed E-state index contributed by atoms with van der Waals surface area (Å²) in [6.07, 6.45) is 2.01. The predicted molar refractivity (Wildman–Crippen MR) is 105 cm³/mol. The number of thiazole rings is 1. The van der Waals surface area contributed by atoms with E-state index in [9.17, 15) is 14.9 Å². The van der Waals surface area contributed by atoms with Crippen molar-refractivity contribution in [1.82, 2.24) is 4.98 Å². The number of anilines is 2. The number of benzene rings is 2. The van der Waals surface area contributed by atoms with Crippen LogP contribution in [0.15, 0.2) is 53.9 Å². The number of nitro benzene ring substituents is 1. The molecule has 1 saturated carbocycles. The van der Waals surface area contributed by atoms with Gasteiger partial charge in [0.15, 0.2) is 5.13 Å². The Morgan fingerprint density at radius 2 is 1.96 bits per heavy atom. The Morgan fingerprint density at radius 3 is 2.67 bits per heavy atom. The number of amides is 1. The topological polar surface area (TPSA) is 97.2 Å². The van der Waals surface area contributed by atoms with Crippen molar-refractivity contribution in [3.8, 4) is 11.3 Å². The van der Waals surface area contributed by atoms with E-state index in [1.807, 2.05) is 35.7 Å². The molecule has 4 rings (SSSR count). The van der Waals surface area contributed by atoms with Gasteiger partial charge in [0.1, 0.15) is 5.69 Å². The van der Waals surface area contributed by atoms with Crippen molar-refractivity contribution in [2.24, 2.45) is 0 Å². The second-order valence-corrected chi connectivity index (χ2v) is 7.12. The highest BCUT2D eigenvalue weighted by atomic mass is 32.1. The summed E-state index contributed by atoms with van der Waals surface area (Å²) < 4.78 is 0. The van der Waals surface area contributed by atoms with E-state index in [0.29, 0.717) is 10.8 Å². The molecule has 1 amide bonds. The van der Waals surface area contributed by atoms with E-state index in [0.717, 1.165) is 24.1 Å². The van der Waals surface area contributed by atoms with E-state index in [4.69, 9.17) is 0 Å². The third-order valence-corrected chi connectivity index (χ3v) is 4.95. The maximum atomic E-state index is 12.5. The molecule has 136 valence electrons. The smallest absolute Gasteiger partial charge is 0.293 e. The van der Waals surface area contributed by atoms with Crippen molar-refractivity contribution >= 4 is 33.8 Å². The van der Waals surface area contributed by atoms with Gasteiger partial charge in [0.2, 0.25) is 0 Å². The minimum atomic E-state index is -0.474. The highest BCUT2D eigenvalue weighted by Crippen LogP contribution is 2.32. The van der Waals surface area contributed by atoms with Crippen LogP contribution in [0.3, 0.4) is 0 Å². The fourth-order valence-corrected chi connectivity index (χ4v) is 3.35. The summed E-state index contributed by atoms with van der Waals surface area (Å²) >= 11 is 1.31. The molecule has 2 aromatic carbocycles. The van der Waals surface area contributed by atoms with Gasteiger partial charge in [-0.3, -0.25) is 20.2 Å². The molecule has 27 heavy (non-hydrogen) atoms. The summed E-state index contributed by atoms with van der Waals surface area (Å²) in [4.78, 5) is 27.8. The summed E-state index contributed by atoms with van der Waals surface area (Å²) in [6, 6.07) is 14.4. The monoisotopic (exact) mass is 380 g/mol. The maximum absolute atomic E-state index is 12.5. The predicted octanol–water partition coefficient (Wildman–Crippen LogP) is 4.54. The molecule has 1 aromatic heterocycles. The first-order chi connectivity index (χ1) is 13.1. The van der Waals surface area contributed by atoms with Gasteiger partial charge in [0.25, 0.3) is 11.6 Å². The molecule has 0 spiro atoms. The number of carbonyl (C=O) groups is 1. The van der Waals surface area contributed by atoms with Gasteiger partial charge in [0, 0.05) is 28.6 Å². The molecule has 0 radical (unpaired) electrons. The molecule has 8 heteroatoms. The molecule has 1 fully saturated rings. The summed E-state index contributed by atoms with van der Waals surface area (Å²) in [5.41, 5.74) is 2.30. The van der Waals surface area contributed by atoms with Gasteiger partial charge in [-0.1, -0.05) is 30.3 Å². The van der Waals surface area contributed by atoms with E-state index < -0.39 is 10.8 Å². The first-order valence-electron chi connectivity index (χ1n) is 8.47. The van der Waals surface area contributed by atoms with Crippen molar-refractivity contribution in [3.05, 3.63) is 69.6 Å². The number of hydrogen-bond acceptors (Lipinski definition) is 6. The number of aromatic nitrogens is 1. The maximum Gasteiger partial charge on any atom is 0.293 e. The molecule has 1 aliphatic carbocycles. The van der Waals surface area contributed by atoms with E-state index >= 15 is 0 Å². The summed E-state index contributed by atoms with van der Waals surface area (Å²) in [6.45, 7) is 0. The Bertz CT molecular complexity index is 999. The summed E-state index contributed by atoms with van der Waals surface area (Å²) in [5, 5.41) is 19.5. The van der Waals surface area contributed by atoms with E-state index in [1.165, 1.54) is 17.4 Å². The standard InChI is InChI=1S/C19H16N4O3S/c24-18(22-19-21-16(11-27-19)12-4-2-1-3-5-12)13-6-9-15(20-14-7-8-14)17(10-13)23(25)26/h1-6,9-11,14,20H,7-8H2,(H,21,22,24). The third-order valence-electron chi connectivity index (χ3n) is 4.19. The molecule has 3 aromatic rings. The molecule has 2 N–H and O–H groups in total. The first-order valence-corrected chi connectivity index (χ1v) is 9.35. The fraction of sp³-hybridized carbons (Fsp3) is 0.158. The average Bonchev–Trinajstić information content (AvgIpc) is 3.37. The quantitative estimate of drug-likeness (QED) is 0.483. The van der Waals surface area contributed by atoms with Crippen LogP contribution in [-0.4, -0.2) is 21.9 Å². The SMILES string of the molecule is O=C(Nc1nc(-c2ccccc2)cs1)c1ccc(NC2CC2)c([N+](=O)[O-])c1. The molecule has 0 saturated heterocycles. The van der Waals surface area contributed by atoms with Crippen molar-refractivity contribution in [3.63, 3.8) is 0 Å². The number of nitrogens with one attached hydrogen (secondary N) is 2. The highest BCUT2D eigenvalue weighted by molar-refractivity contribution is 7.14. The second-order valence-electron chi connectivity index (χ2n) is 6.27. The molecule has 0 unspecified atom stereocenters. The van der Waals surface area contributed by atoms with Gasteiger partial charge >= 0.3 is 0 Å². The van der Waals surface area contributed by atoms with Crippen LogP contribution in [0.25, 0.3) is 11.3 Å². The third kappa shape index (κ3) is 3.95. The van der Waals surface area contributed by atoms with Gasteiger partial charge in [-0.2, -0.15) is 0 Å². The molecule has 1 aliphatic rings. The van der Waals surface area contributed by atoms with Gasteiger partial charge in [-0.25, -0.2) is 4.98 Å². The lowest BCUT2D eigenvalue weighted by molar-refractivity contribution is -0.384. The van der Waals surface area contributed by atoms with Crippen LogP contribution in [0.4, 0.5) is 16.5 Å². The molecule has 7 nitrogen and oxygen atoms in total. The zero-order valence-corrected chi connectivity index (χ0v) is 15.0. The second kappa shape index (κ2) is 7.16. The number of carbonyl (C=O) groups excluding carboxylic acids is 1. The van der Waals surface area contributed by atoms with Gasteiger partial charge in [-0.05, 0) is 25.0 Å². The molecular weight excluding hydrogens is 364 g/mol. The largest absolute Gasteiger partial charge is 0.377 e. The lowest BCUT2D eigenvalue weighted by Crippen LogP contribution is -2.13. The van der Waals surface area contributed by atoms with E-state index in [-0.39, 0.29) is 17.3 Å². The molecule has 0 bridgehead atoms. The van der Waals surface area contributed by atoms with E-state index in [2.05, 4.69) is 15.6 Å². The minimum absolute atomic E-state index is 0.0985. The summed E-state index contributed by atoms with van der Waals surface area (Å²) in [7, 11) is 0. The van der Waals surface area contributed by atoms with E-state index in [1.54, 1.807) is 12.1 Å². The van der Waals surface area contributed by atoms with Crippen molar-refractivity contribution in [2.75, 3.05) is 10.6 Å². The Kier molecular flexibility index (Phi) is 4.55. The fourth-order valence-electron chi connectivity index (χ4n) is 2.64. The van der Waals surface area contributed by atoms with Gasteiger partial charge < -0.3 is 5.32 Å². The van der Waals surface area contributed by atoms with Crippen LogP contribution in [0.2, 0.25) is 0 Å². The van der Waals surface area contributed by atoms with Gasteiger partial charge in [0.05, 0.1) is 10.6 Å². The number of rotatable bonds is 6. The molecule has 0 atom stereocenters. The van der Waals surface area contributed by atoms with Crippen LogP contribution in [0.5, 0.6) is 0 Å². The van der Waals surface area contributed by atoms with Crippen molar-refractivity contribution in [2.45, 2.75) is 18.9 Å². The Labute approximate surface area is 159 Å². The number of nitro groups is 1. The highest BCUT2D eigenvalue weighted by Gasteiger charge is 2.25.